The molecule has 0 saturated carbocycles. The first-order valence-electron chi connectivity index (χ1n) is 8.89. The van der Waals surface area contributed by atoms with E-state index in [2.05, 4.69) is 34.7 Å². The number of ether oxygens (including phenoxy) is 3. The van der Waals surface area contributed by atoms with Crippen molar-refractivity contribution in [1.82, 2.24) is 10.6 Å². The Kier molecular flexibility index (Phi) is 16.9. The van der Waals surface area contributed by atoms with E-state index in [1.165, 1.54) is 5.56 Å². The SMILES string of the molecule is CN=C(NCCCOCCOC)NCC(C)COCc1ccccc1.I. The number of hydrogen-bond acceptors (Lipinski definition) is 4. The molecule has 2 N–H and O–H groups in total. The minimum absolute atomic E-state index is 0. The molecule has 0 radical (unpaired) electrons. The second kappa shape index (κ2) is 17.5. The summed E-state index contributed by atoms with van der Waals surface area (Å²) in [6.07, 6.45) is 0.931. The molecule has 1 aromatic carbocycles. The predicted molar refractivity (Wildman–Crippen MR) is 117 cm³/mol. The molecule has 0 aromatic heterocycles. The van der Waals surface area contributed by atoms with Gasteiger partial charge in [-0.05, 0) is 17.9 Å². The molecule has 0 spiro atoms. The van der Waals surface area contributed by atoms with E-state index in [-0.39, 0.29) is 24.0 Å². The molecule has 150 valence electrons. The van der Waals surface area contributed by atoms with Crippen molar-refractivity contribution in [3.05, 3.63) is 35.9 Å². The summed E-state index contributed by atoms with van der Waals surface area (Å²) in [5.74, 6) is 1.21. The number of aliphatic imine (C=N–C) groups is 1. The molecular weight excluding hydrogens is 445 g/mol. The topological polar surface area (TPSA) is 64.1 Å². The number of benzene rings is 1. The van der Waals surface area contributed by atoms with Crippen molar-refractivity contribution in [2.45, 2.75) is 20.0 Å². The van der Waals surface area contributed by atoms with E-state index in [4.69, 9.17) is 14.2 Å². The Balaban J connectivity index is 0.00000625. The smallest absolute Gasteiger partial charge is 0.190 e. The molecule has 1 atom stereocenters. The molecule has 7 heteroatoms. The van der Waals surface area contributed by atoms with Crippen molar-refractivity contribution in [2.75, 3.05) is 53.7 Å². The lowest BCUT2D eigenvalue weighted by molar-refractivity contribution is 0.0698. The summed E-state index contributed by atoms with van der Waals surface area (Å²) in [5, 5.41) is 6.61. The number of hydrogen-bond donors (Lipinski definition) is 2. The highest BCUT2D eigenvalue weighted by molar-refractivity contribution is 14.0. The van der Waals surface area contributed by atoms with Gasteiger partial charge in [0.25, 0.3) is 0 Å². The number of halogens is 1. The summed E-state index contributed by atoms with van der Waals surface area (Å²) in [5.41, 5.74) is 1.20. The third-order valence-electron chi connectivity index (χ3n) is 3.55. The van der Waals surface area contributed by atoms with Crippen LogP contribution >= 0.6 is 24.0 Å². The average Bonchev–Trinajstić information content (AvgIpc) is 2.64. The normalized spacial score (nSPS) is 12.3. The van der Waals surface area contributed by atoms with Crippen molar-refractivity contribution in [3.63, 3.8) is 0 Å². The predicted octanol–water partition coefficient (Wildman–Crippen LogP) is 2.68. The number of nitrogens with one attached hydrogen (secondary N) is 2. The van der Waals surface area contributed by atoms with Gasteiger partial charge in [0, 0.05) is 33.9 Å². The van der Waals surface area contributed by atoms with Crippen LogP contribution in [0.25, 0.3) is 0 Å². The summed E-state index contributed by atoms with van der Waals surface area (Å²) in [7, 11) is 3.45. The quantitative estimate of drug-likeness (QED) is 0.197. The summed E-state index contributed by atoms with van der Waals surface area (Å²) < 4.78 is 16.1. The van der Waals surface area contributed by atoms with Gasteiger partial charge in [-0.2, -0.15) is 0 Å². The first-order chi connectivity index (χ1) is 12.3. The Morgan fingerprint density at radius 2 is 1.85 bits per heavy atom. The zero-order chi connectivity index (χ0) is 18.2. The Morgan fingerprint density at radius 1 is 1.08 bits per heavy atom. The number of guanidine groups is 1. The summed E-state index contributed by atoms with van der Waals surface area (Å²) in [6, 6.07) is 10.2. The Labute approximate surface area is 175 Å². The second-order valence-corrected chi connectivity index (χ2v) is 5.94. The number of methoxy groups -OCH3 is 1. The maximum atomic E-state index is 5.77. The van der Waals surface area contributed by atoms with Gasteiger partial charge < -0.3 is 24.8 Å². The molecule has 0 bridgehead atoms. The molecule has 1 aromatic rings. The van der Waals surface area contributed by atoms with Gasteiger partial charge in [-0.3, -0.25) is 4.99 Å². The van der Waals surface area contributed by atoms with Gasteiger partial charge in [0.1, 0.15) is 0 Å². The van der Waals surface area contributed by atoms with Gasteiger partial charge in [-0.25, -0.2) is 0 Å². The van der Waals surface area contributed by atoms with Gasteiger partial charge in [0.05, 0.1) is 26.4 Å². The van der Waals surface area contributed by atoms with Crippen LogP contribution in [0.3, 0.4) is 0 Å². The minimum Gasteiger partial charge on any atom is -0.382 e. The van der Waals surface area contributed by atoms with Crippen LogP contribution in [0.1, 0.15) is 18.9 Å². The Bertz CT molecular complexity index is 461. The maximum absolute atomic E-state index is 5.77. The molecule has 26 heavy (non-hydrogen) atoms. The van der Waals surface area contributed by atoms with Crippen LogP contribution in [0.2, 0.25) is 0 Å². The van der Waals surface area contributed by atoms with Crippen molar-refractivity contribution in [2.24, 2.45) is 10.9 Å². The fourth-order valence-corrected chi connectivity index (χ4v) is 2.13. The van der Waals surface area contributed by atoms with E-state index in [1.54, 1.807) is 14.2 Å². The molecule has 0 fully saturated rings. The van der Waals surface area contributed by atoms with Crippen LogP contribution in [0.5, 0.6) is 0 Å². The average molecular weight is 479 g/mol. The van der Waals surface area contributed by atoms with Crippen molar-refractivity contribution >= 4 is 29.9 Å². The second-order valence-electron chi connectivity index (χ2n) is 5.94. The van der Waals surface area contributed by atoms with Crippen molar-refractivity contribution in [3.8, 4) is 0 Å². The molecule has 0 aliphatic carbocycles. The van der Waals surface area contributed by atoms with Crippen LogP contribution in [0.4, 0.5) is 0 Å². The maximum Gasteiger partial charge on any atom is 0.190 e. The highest BCUT2D eigenvalue weighted by atomic mass is 127. The highest BCUT2D eigenvalue weighted by Crippen LogP contribution is 2.02. The molecule has 1 unspecified atom stereocenters. The van der Waals surface area contributed by atoms with Crippen LogP contribution < -0.4 is 10.6 Å². The zero-order valence-electron chi connectivity index (χ0n) is 16.2. The van der Waals surface area contributed by atoms with Crippen LogP contribution in [-0.2, 0) is 20.8 Å². The van der Waals surface area contributed by atoms with Crippen LogP contribution in [0, 0.1) is 5.92 Å². The summed E-state index contributed by atoms with van der Waals surface area (Å²) in [4.78, 5) is 4.23. The lowest BCUT2D eigenvalue weighted by atomic mass is 10.2. The van der Waals surface area contributed by atoms with E-state index in [0.717, 1.165) is 32.1 Å². The molecule has 0 aliphatic rings. The van der Waals surface area contributed by atoms with Gasteiger partial charge >= 0.3 is 0 Å². The fraction of sp³-hybridized carbons (Fsp3) is 0.632. The summed E-state index contributed by atoms with van der Waals surface area (Å²) >= 11 is 0. The molecule has 0 aliphatic heterocycles. The van der Waals surface area contributed by atoms with Crippen molar-refractivity contribution in [1.29, 1.82) is 0 Å². The van der Waals surface area contributed by atoms with Gasteiger partial charge in [-0.1, -0.05) is 37.3 Å². The lowest BCUT2D eigenvalue weighted by Gasteiger charge is -2.16. The third kappa shape index (κ3) is 13.3. The molecule has 0 heterocycles. The first-order valence-corrected chi connectivity index (χ1v) is 8.89. The highest BCUT2D eigenvalue weighted by Gasteiger charge is 2.04. The fourth-order valence-electron chi connectivity index (χ4n) is 2.13. The number of rotatable bonds is 13. The van der Waals surface area contributed by atoms with Gasteiger partial charge in [-0.15, -0.1) is 24.0 Å². The molecule has 1 rings (SSSR count). The van der Waals surface area contributed by atoms with E-state index in [9.17, 15) is 0 Å². The monoisotopic (exact) mass is 479 g/mol. The zero-order valence-corrected chi connectivity index (χ0v) is 18.5. The van der Waals surface area contributed by atoms with Crippen LogP contribution in [0.15, 0.2) is 35.3 Å². The summed E-state index contributed by atoms with van der Waals surface area (Å²) in [6.45, 7) is 7.18. The van der Waals surface area contributed by atoms with E-state index in [1.807, 2.05) is 18.2 Å². The molecule has 6 nitrogen and oxygen atoms in total. The standard InChI is InChI=1S/C19H33N3O3.HI/c1-17(15-25-16-18-8-5-4-6-9-18)14-22-19(20-2)21-10-7-11-24-13-12-23-3;/h4-6,8-9,17H,7,10-16H2,1-3H3,(H2,20,21,22);1H. The molecule has 0 amide bonds. The Morgan fingerprint density at radius 3 is 2.54 bits per heavy atom. The minimum atomic E-state index is 0. The van der Waals surface area contributed by atoms with Gasteiger partial charge in [0.2, 0.25) is 0 Å². The van der Waals surface area contributed by atoms with Crippen LogP contribution in [-0.4, -0.2) is 59.6 Å². The molecular formula is C19H34IN3O3. The lowest BCUT2D eigenvalue weighted by Crippen LogP contribution is -2.40. The van der Waals surface area contributed by atoms with E-state index >= 15 is 0 Å². The third-order valence-corrected chi connectivity index (χ3v) is 3.55. The largest absolute Gasteiger partial charge is 0.382 e. The molecule has 0 saturated heterocycles. The first kappa shape index (κ1) is 25.1. The Hall–Kier alpha value is -0.900. The van der Waals surface area contributed by atoms with Gasteiger partial charge in [0.15, 0.2) is 5.96 Å². The van der Waals surface area contributed by atoms with E-state index < -0.39 is 0 Å². The van der Waals surface area contributed by atoms with Crippen molar-refractivity contribution < 1.29 is 14.2 Å². The number of nitrogens with zero attached hydrogens (tertiary/aromatic N) is 1. The van der Waals surface area contributed by atoms with E-state index in [0.29, 0.717) is 32.3 Å².